The first-order valence-corrected chi connectivity index (χ1v) is 7.85. The summed E-state index contributed by atoms with van der Waals surface area (Å²) in [5.41, 5.74) is 5.60. The van der Waals surface area contributed by atoms with Crippen molar-refractivity contribution >= 4 is 15.7 Å². The molecule has 1 rings (SSSR count). The maximum Gasteiger partial charge on any atom is 0.241 e. The lowest BCUT2D eigenvalue weighted by atomic mass is 10.2. The van der Waals surface area contributed by atoms with E-state index in [1.54, 1.807) is 0 Å². The molecule has 0 aliphatic rings. The summed E-state index contributed by atoms with van der Waals surface area (Å²) in [6, 6.07) is 2.34. The lowest BCUT2D eigenvalue weighted by Gasteiger charge is -2.11. The monoisotopic (exact) mass is 304 g/mol. The molecule has 1 aromatic rings. The number of nitrogen functional groups attached to an aromatic ring is 1. The second-order valence-electron chi connectivity index (χ2n) is 4.99. The first kappa shape index (κ1) is 16.9. The van der Waals surface area contributed by atoms with Crippen molar-refractivity contribution < 1.29 is 17.5 Å². The third-order valence-electron chi connectivity index (χ3n) is 2.60. The number of anilines is 1. The van der Waals surface area contributed by atoms with Crippen LogP contribution in [0, 0.1) is 18.7 Å². The van der Waals surface area contributed by atoms with E-state index in [9.17, 15) is 12.8 Å². The maximum absolute atomic E-state index is 13.5. The van der Waals surface area contributed by atoms with Crippen LogP contribution in [-0.2, 0) is 14.8 Å². The summed E-state index contributed by atoms with van der Waals surface area (Å²) in [5.74, 6) is -0.252. The molecule has 0 atom stereocenters. The minimum absolute atomic E-state index is 0.0507. The number of hydrogen-bond acceptors (Lipinski definition) is 4. The molecule has 0 fully saturated rings. The van der Waals surface area contributed by atoms with Gasteiger partial charge in [0.25, 0.3) is 0 Å². The molecule has 0 heterocycles. The van der Waals surface area contributed by atoms with E-state index < -0.39 is 15.8 Å². The maximum atomic E-state index is 13.5. The molecular weight excluding hydrogens is 283 g/mol. The average Bonchev–Trinajstić information content (AvgIpc) is 2.32. The van der Waals surface area contributed by atoms with E-state index in [1.807, 2.05) is 13.8 Å². The molecule has 0 saturated carbocycles. The van der Waals surface area contributed by atoms with Gasteiger partial charge in [0.05, 0.1) is 11.5 Å². The van der Waals surface area contributed by atoms with Crippen molar-refractivity contribution in [3.63, 3.8) is 0 Å². The zero-order valence-electron chi connectivity index (χ0n) is 11.9. The lowest BCUT2D eigenvalue weighted by Crippen LogP contribution is -2.28. The van der Waals surface area contributed by atoms with Gasteiger partial charge in [-0.15, -0.1) is 0 Å². The average molecular weight is 304 g/mol. The minimum Gasteiger partial charge on any atom is -0.399 e. The predicted molar refractivity (Wildman–Crippen MR) is 76.4 cm³/mol. The van der Waals surface area contributed by atoms with E-state index in [-0.39, 0.29) is 29.3 Å². The molecule has 0 unspecified atom stereocenters. The van der Waals surface area contributed by atoms with Crippen molar-refractivity contribution in [2.45, 2.75) is 25.7 Å². The predicted octanol–water partition coefficient (Wildman–Crippen LogP) is 1.67. The largest absolute Gasteiger partial charge is 0.399 e. The first-order valence-electron chi connectivity index (χ1n) is 6.37. The first-order chi connectivity index (χ1) is 9.24. The minimum atomic E-state index is -3.79. The Labute approximate surface area is 119 Å². The number of nitrogens with two attached hydrogens (primary N) is 1. The SMILES string of the molecule is Cc1c(F)cc(N)cc1S(=O)(=O)NCCOCC(C)C. The van der Waals surface area contributed by atoms with E-state index in [0.29, 0.717) is 12.5 Å². The Morgan fingerprint density at radius 1 is 1.40 bits per heavy atom. The molecule has 3 N–H and O–H groups in total. The van der Waals surface area contributed by atoms with E-state index in [1.165, 1.54) is 13.0 Å². The number of ether oxygens (including phenoxy) is 1. The molecule has 0 spiro atoms. The highest BCUT2D eigenvalue weighted by Gasteiger charge is 2.19. The smallest absolute Gasteiger partial charge is 0.241 e. The number of hydrogen-bond donors (Lipinski definition) is 2. The molecule has 7 heteroatoms. The van der Waals surface area contributed by atoms with Gasteiger partial charge in [0.15, 0.2) is 0 Å². The summed E-state index contributed by atoms with van der Waals surface area (Å²) < 4.78 is 45.3. The molecule has 20 heavy (non-hydrogen) atoms. The van der Waals surface area contributed by atoms with Crippen LogP contribution in [0.5, 0.6) is 0 Å². The zero-order valence-corrected chi connectivity index (χ0v) is 12.8. The second kappa shape index (κ2) is 7.01. The Morgan fingerprint density at radius 3 is 2.65 bits per heavy atom. The molecule has 1 aromatic carbocycles. The van der Waals surface area contributed by atoms with Gasteiger partial charge in [0, 0.05) is 24.4 Å². The van der Waals surface area contributed by atoms with Crippen LogP contribution in [0.2, 0.25) is 0 Å². The van der Waals surface area contributed by atoms with Crippen LogP contribution in [0.1, 0.15) is 19.4 Å². The molecule has 0 aliphatic carbocycles. The van der Waals surface area contributed by atoms with Crippen LogP contribution < -0.4 is 10.5 Å². The van der Waals surface area contributed by atoms with Crippen molar-refractivity contribution in [3.05, 3.63) is 23.5 Å². The number of rotatable bonds is 7. The van der Waals surface area contributed by atoms with Crippen LogP contribution in [0.25, 0.3) is 0 Å². The van der Waals surface area contributed by atoms with Gasteiger partial charge in [0.2, 0.25) is 10.0 Å². The molecule has 0 aliphatic heterocycles. The van der Waals surface area contributed by atoms with E-state index >= 15 is 0 Å². The Kier molecular flexibility index (Phi) is 5.91. The summed E-state index contributed by atoms with van der Waals surface area (Å²) in [6.45, 7) is 6.37. The van der Waals surface area contributed by atoms with Crippen molar-refractivity contribution in [3.8, 4) is 0 Å². The third kappa shape index (κ3) is 4.73. The van der Waals surface area contributed by atoms with E-state index in [2.05, 4.69) is 4.72 Å². The summed E-state index contributed by atoms with van der Waals surface area (Å²) in [4.78, 5) is -0.140. The molecule has 114 valence electrons. The Morgan fingerprint density at radius 2 is 2.05 bits per heavy atom. The topological polar surface area (TPSA) is 81.4 Å². The van der Waals surface area contributed by atoms with Crippen LogP contribution >= 0.6 is 0 Å². The van der Waals surface area contributed by atoms with Crippen LogP contribution in [-0.4, -0.2) is 28.2 Å². The fraction of sp³-hybridized carbons (Fsp3) is 0.538. The molecule has 5 nitrogen and oxygen atoms in total. The fourth-order valence-electron chi connectivity index (χ4n) is 1.60. The quantitative estimate of drug-likeness (QED) is 0.593. The summed E-state index contributed by atoms with van der Waals surface area (Å²) in [5, 5.41) is 0. The number of sulfonamides is 1. The third-order valence-corrected chi connectivity index (χ3v) is 4.19. The summed E-state index contributed by atoms with van der Waals surface area (Å²) >= 11 is 0. The van der Waals surface area contributed by atoms with Crippen LogP contribution in [0.3, 0.4) is 0 Å². The van der Waals surface area contributed by atoms with E-state index in [0.717, 1.165) is 6.07 Å². The standard InChI is InChI=1S/C13H21FN2O3S/c1-9(2)8-19-5-4-16-20(17,18)13-7-11(15)6-12(14)10(13)3/h6-7,9,16H,4-5,8,15H2,1-3H3. The fourth-order valence-corrected chi connectivity index (χ4v) is 2.90. The van der Waals surface area contributed by atoms with Gasteiger partial charge in [-0.3, -0.25) is 0 Å². The summed E-state index contributed by atoms with van der Waals surface area (Å²) in [7, 11) is -3.79. The van der Waals surface area contributed by atoms with Gasteiger partial charge >= 0.3 is 0 Å². The van der Waals surface area contributed by atoms with Gasteiger partial charge in [0.1, 0.15) is 5.82 Å². The molecule has 0 bridgehead atoms. The highest BCUT2D eigenvalue weighted by molar-refractivity contribution is 7.89. The normalized spacial score (nSPS) is 12.1. The second-order valence-corrected chi connectivity index (χ2v) is 6.73. The zero-order chi connectivity index (χ0) is 15.3. The van der Waals surface area contributed by atoms with Gasteiger partial charge < -0.3 is 10.5 Å². The van der Waals surface area contributed by atoms with Crippen molar-refractivity contribution in [1.82, 2.24) is 4.72 Å². The number of benzene rings is 1. The number of halogens is 1. The van der Waals surface area contributed by atoms with Gasteiger partial charge in [-0.2, -0.15) is 0 Å². The van der Waals surface area contributed by atoms with Crippen LogP contribution in [0.4, 0.5) is 10.1 Å². The van der Waals surface area contributed by atoms with Crippen LogP contribution in [0.15, 0.2) is 17.0 Å². The Bertz CT molecular complexity index is 559. The van der Waals surface area contributed by atoms with E-state index in [4.69, 9.17) is 10.5 Å². The summed E-state index contributed by atoms with van der Waals surface area (Å²) in [6.07, 6.45) is 0. The van der Waals surface area contributed by atoms with Gasteiger partial charge in [-0.25, -0.2) is 17.5 Å². The molecule has 0 aromatic heterocycles. The molecule has 0 amide bonds. The lowest BCUT2D eigenvalue weighted by molar-refractivity contribution is 0.114. The Balaban J connectivity index is 2.70. The van der Waals surface area contributed by atoms with Crippen molar-refractivity contribution in [2.75, 3.05) is 25.5 Å². The van der Waals surface area contributed by atoms with Crippen molar-refractivity contribution in [1.29, 1.82) is 0 Å². The number of nitrogens with one attached hydrogen (secondary N) is 1. The molecular formula is C13H21FN2O3S. The van der Waals surface area contributed by atoms with Crippen molar-refractivity contribution in [2.24, 2.45) is 5.92 Å². The highest BCUT2D eigenvalue weighted by atomic mass is 32.2. The Hall–Kier alpha value is -1.18. The van der Waals surface area contributed by atoms with Gasteiger partial charge in [-0.05, 0) is 25.0 Å². The highest BCUT2D eigenvalue weighted by Crippen LogP contribution is 2.21. The molecule has 0 saturated heterocycles. The van der Waals surface area contributed by atoms with Gasteiger partial charge in [-0.1, -0.05) is 13.8 Å². The molecule has 0 radical (unpaired) electrons.